The molecule has 0 saturated carbocycles. The molecule has 1 amide bonds. The lowest BCUT2D eigenvalue weighted by Crippen LogP contribution is -2.51. The number of rotatable bonds is 4. The molecule has 1 rings (SSSR count). The second kappa shape index (κ2) is 5.74. The summed E-state index contributed by atoms with van der Waals surface area (Å²) >= 11 is 4.81. The molecule has 1 saturated heterocycles. The van der Waals surface area contributed by atoms with Crippen molar-refractivity contribution in [1.82, 2.24) is 9.80 Å². The van der Waals surface area contributed by atoms with Crippen LogP contribution in [-0.4, -0.2) is 73.8 Å². The number of carbonyl (C=O) groups is 1. The molecule has 0 aromatic rings. The van der Waals surface area contributed by atoms with Crippen molar-refractivity contribution in [2.75, 3.05) is 44.7 Å². The Bertz CT molecular complexity index is 400. The number of hydrogen-bond donors (Lipinski definition) is 1. The lowest BCUT2D eigenvalue weighted by molar-refractivity contribution is -0.130. The fourth-order valence-corrected chi connectivity index (χ4v) is 2.51. The summed E-state index contributed by atoms with van der Waals surface area (Å²) in [5, 5.41) is 0. The minimum Gasteiger partial charge on any atom is -0.392 e. The van der Waals surface area contributed by atoms with Crippen LogP contribution in [0.4, 0.5) is 0 Å². The molecule has 98 valence electrons. The maximum atomic E-state index is 11.6. The van der Waals surface area contributed by atoms with Crippen molar-refractivity contribution in [2.24, 2.45) is 5.73 Å². The fourth-order valence-electron chi connectivity index (χ4n) is 1.69. The molecule has 2 N–H and O–H groups in total. The van der Waals surface area contributed by atoms with Gasteiger partial charge in [-0.25, -0.2) is 8.42 Å². The van der Waals surface area contributed by atoms with Gasteiger partial charge in [0, 0.05) is 39.0 Å². The Morgan fingerprint density at radius 3 is 2.24 bits per heavy atom. The van der Waals surface area contributed by atoms with Crippen LogP contribution in [0.5, 0.6) is 0 Å². The summed E-state index contributed by atoms with van der Waals surface area (Å²) in [6.07, 6.45) is 1.06. The Balaban J connectivity index is 2.41. The van der Waals surface area contributed by atoms with Crippen LogP contribution < -0.4 is 5.73 Å². The van der Waals surface area contributed by atoms with Crippen LogP contribution in [0.25, 0.3) is 0 Å². The molecule has 0 aliphatic carbocycles. The molecule has 1 aliphatic rings. The van der Waals surface area contributed by atoms with Gasteiger partial charge >= 0.3 is 0 Å². The molecule has 0 bridgehead atoms. The maximum absolute atomic E-state index is 11.6. The second-order valence-corrected chi connectivity index (χ2v) is 6.86. The Morgan fingerprint density at radius 1 is 1.29 bits per heavy atom. The number of carbonyl (C=O) groups excluding carboxylic acids is 1. The highest BCUT2D eigenvalue weighted by molar-refractivity contribution is 7.91. The summed E-state index contributed by atoms with van der Waals surface area (Å²) in [4.78, 5) is 15.7. The third-order valence-electron chi connectivity index (χ3n) is 2.49. The van der Waals surface area contributed by atoms with Gasteiger partial charge in [0.25, 0.3) is 0 Å². The first kappa shape index (κ1) is 14.3. The predicted molar refractivity (Wildman–Crippen MR) is 69.5 cm³/mol. The number of nitrogens with two attached hydrogens (primary N) is 1. The van der Waals surface area contributed by atoms with E-state index in [9.17, 15) is 13.2 Å². The smallest absolute Gasteiger partial charge is 0.237 e. The molecule has 17 heavy (non-hydrogen) atoms. The van der Waals surface area contributed by atoms with Gasteiger partial charge in [-0.15, -0.1) is 0 Å². The van der Waals surface area contributed by atoms with Gasteiger partial charge in [-0.1, -0.05) is 12.2 Å². The van der Waals surface area contributed by atoms with E-state index in [1.165, 1.54) is 0 Å². The molecule has 6 nitrogen and oxygen atoms in total. The Hall–Kier alpha value is -0.730. The maximum Gasteiger partial charge on any atom is 0.237 e. The number of sulfone groups is 1. The first-order valence-corrected chi connectivity index (χ1v) is 7.71. The average molecular weight is 279 g/mol. The molecule has 0 unspecified atom stereocenters. The van der Waals surface area contributed by atoms with Gasteiger partial charge in [0.1, 0.15) is 5.75 Å². The van der Waals surface area contributed by atoms with Crippen LogP contribution in [0.2, 0.25) is 0 Å². The van der Waals surface area contributed by atoms with Crippen molar-refractivity contribution < 1.29 is 13.2 Å². The Labute approximate surface area is 107 Å². The summed E-state index contributed by atoms with van der Waals surface area (Å²) in [5.41, 5.74) is 5.43. The normalized spacial score (nSPS) is 18.1. The summed E-state index contributed by atoms with van der Waals surface area (Å²) in [6.45, 7) is 2.94. The summed E-state index contributed by atoms with van der Waals surface area (Å²) in [6, 6.07) is 0. The number of amides is 1. The lowest BCUT2D eigenvalue weighted by Gasteiger charge is -2.34. The van der Waals surface area contributed by atoms with Crippen molar-refractivity contribution in [3.8, 4) is 0 Å². The number of nitrogens with zero attached hydrogens (tertiary/aromatic N) is 2. The van der Waals surface area contributed by atoms with E-state index in [2.05, 4.69) is 0 Å². The van der Waals surface area contributed by atoms with Crippen molar-refractivity contribution in [2.45, 2.75) is 0 Å². The predicted octanol–water partition coefficient (Wildman–Crippen LogP) is -1.54. The molecular formula is C9H17N3O3S2. The van der Waals surface area contributed by atoms with E-state index in [4.69, 9.17) is 18.0 Å². The van der Waals surface area contributed by atoms with Crippen molar-refractivity contribution in [3.05, 3.63) is 0 Å². The van der Waals surface area contributed by atoms with E-state index in [0.717, 1.165) is 6.26 Å². The zero-order valence-electron chi connectivity index (χ0n) is 9.76. The van der Waals surface area contributed by atoms with Gasteiger partial charge in [-0.3, -0.25) is 9.69 Å². The molecule has 0 atom stereocenters. The highest BCUT2D eigenvalue weighted by Gasteiger charge is 2.23. The molecule has 1 aliphatic heterocycles. The van der Waals surface area contributed by atoms with Crippen LogP contribution in [0.1, 0.15) is 0 Å². The number of thiocarbonyl (C=S) groups is 1. The molecule has 0 spiro atoms. The van der Waals surface area contributed by atoms with Gasteiger partial charge in [0.15, 0.2) is 9.84 Å². The quantitative estimate of drug-likeness (QED) is 0.628. The van der Waals surface area contributed by atoms with Gasteiger partial charge in [0.05, 0.1) is 4.99 Å². The average Bonchev–Trinajstić information content (AvgIpc) is 2.15. The van der Waals surface area contributed by atoms with Gasteiger partial charge < -0.3 is 10.6 Å². The van der Waals surface area contributed by atoms with Crippen molar-refractivity contribution in [1.29, 1.82) is 0 Å². The fraction of sp³-hybridized carbons (Fsp3) is 0.778. The van der Waals surface area contributed by atoms with E-state index < -0.39 is 15.6 Å². The van der Waals surface area contributed by atoms with Crippen molar-refractivity contribution in [3.63, 3.8) is 0 Å². The van der Waals surface area contributed by atoms with E-state index in [1.54, 1.807) is 4.90 Å². The largest absolute Gasteiger partial charge is 0.392 e. The van der Waals surface area contributed by atoms with Crippen LogP contribution in [0.3, 0.4) is 0 Å². The van der Waals surface area contributed by atoms with E-state index in [-0.39, 0.29) is 5.91 Å². The van der Waals surface area contributed by atoms with Crippen LogP contribution in [0, 0.1) is 0 Å². The van der Waals surface area contributed by atoms with E-state index in [0.29, 0.717) is 37.7 Å². The molecular weight excluding hydrogens is 262 g/mol. The summed E-state index contributed by atoms with van der Waals surface area (Å²) in [7, 11) is -3.25. The van der Waals surface area contributed by atoms with Gasteiger partial charge in [0.2, 0.25) is 5.91 Å². The van der Waals surface area contributed by atoms with Crippen LogP contribution in [0.15, 0.2) is 0 Å². The highest BCUT2D eigenvalue weighted by Crippen LogP contribution is 2.03. The highest BCUT2D eigenvalue weighted by atomic mass is 32.2. The summed E-state index contributed by atoms with van der Waals surface area (Å²) in [5.74, 6) is -0.745. The second-order valence-electron chi connectivity index (χ2n) is 4.19. The first-order valence-electron chi connectivity index (χ1n) is 5.24. The zero-order chi connectivity index (χ0) is 13.1. The molecule has 0 radical (unpaired) electrons. The van der Waals surface area contributed by atoms with Crippen LogP contribution >= 0.6 is 12.2 Å². The van der Waals surface area contributed by atoms with Crippen molar-refractivity contribution >= 4 is 33.0 Å². The minimum absolute atomic E-state index is 0.331. The van der Waals surface area contributed by atoms with Crippen LogP contribution in [-0.2, 0) is 14.6 Å². The standard InChI is InChI=1S/C9H17N3O3S2/c1-17(14,15)7-9(13)12-4-2-11(3-5-12)6-8(10)16/h2-7H2,1H3,(H2,10,16). The monoisotopic (exact) mass is 279 g/mol. The number of hydrogen-bond acceptors (Lipinski definition) is 5. The Morgan fingerprint density at radius 2 is 1.82 bits per heavy atom. The molecule has 8 heteroatoms. The van der Waals surface area contributed by atoms with E-state index >= 15 is 0 Å². The lowest BCUT2D eigenvalue weighted by atomic mass is 10.3. The molecule has 1 heterocycles. The van der Waals surface area contributed by atoms with Gasteiger partial charge in [-0.2, -0.15) is 0 Å². The summed E-state index contributed by atoms with van der Waals surface area (Å²) < 4.78 is 22.0. The molecule has 0 aromatic heterocycles. The third kappa shape index (κ3) is 5.42. The molecule has 0 aromatic carbocycles. The first-order chi connectivity index (χ1) is 7.78. The number of piperazine rings is 1. The van der Waals surface area contributed by atoms with Gasteiger partial charge in [-0.05, 0) is 0 Å². The Kier molecular flexibility index (Phi) is 4.84. The molecule has 1 fully saturated rings. The SMILES string of the molecule is CS(=O)(=O)CC(=O)N1CCN(CC(N)=S)CC1. The van der Waals surface area contributed by atoms with E-state index in [1.807, 2.05) is 4.90 Å². The minimum atomic E-state index is -3.25. The topological polar surface area (TPSA) is 83.7 Å². The third-order valence-corrected chi connectivity index (χ3v) is 3.39. The zero-order valence-corrected chi connectivity index (χ0v) is 11.4.